The van der Waals surface area contributed by atoms with E-state index in [-0.39, 0.29) is 23.1 Å². The van der Waals surface area contributed by atoms with Gasteiger partial charge in [-0.1, -0.05) is 0 Å². The molecule has 4 N–H and O–H groups in total. The summed E-state index contributed by atoms with van der Waals surface area (Å²) in [4.78, 5) is 22.2. The number of benzene rings is 1. The average molecular weight is 268 g/mol. The molecule has 1 rings (SSSR count). The van der Waals surface area contributed by atoms with Crippen molar-refractivity contribution < 1.29 is 24.5 Å². The van der Waals surface area contributed by atoms with Crippen LogP contribution in [0.5, 0.6) is 5.75 Å². The zero-order valence-electron chi connectivity index (χ0n) is 10.6. The summed E-state index contributed by atoms with van der Waals surface area (Å²) in [6, 6.07) is 3.16. The number of carboxylic acids is 1. The Morgan fingerprint density at radius 1 is 1.42 bits per heavy atom. The number of phenolic OH excluding ortho intramolecular Hbond substituents is 1. The maximum absolute atomic E-state index is 11.5. The molecule has 0 aliphatic rings. The highest BCUT2D eigenvalue weighted by atomic mass is 16.5. The van der Waals surface area contributed by atoms with Gasteiger partial charge in [-0.05, 0) is 25.1 Å². The number of ether oxygens (including phenoxy) is 1. The van der Waals surface area contributed by atoms with Crippen LogP contribution in [-0.4, -0.2) is 42.0 Å². The molecular weight excluding hydrogens is 252 g/mol. The first-order valence-corrected chi connectivity index (χ1v) is 5.58. The van der Waals surface area contributed by atoms with E-state index in [9.17, 15) is 14.7 Å². The highest BCUT2D eigenvalue weighted by Gasteiger charge is 2.10. The Labute approximate surface area is 110 Å². The molecular formula is C12H16N2O5. The Balaban J connectivity index is 2.62. The number of nitrogens with one attached hydrogen (secondary N) is 2. The number of rotatable bonds is 5. The molecule has 0 saturated heterocycles. The van der Waals surface area contributed by atoms with Gasteiger partial charge in [0, 0.05) is 13.7 Å². The van der Waals surface area contributed by atoms with Gasteiger partial charge in [0.05, 0.1) is 17.4 Å². The third kappa shape index (κ3) is 4.47. The van der Waals surface area contributed by atoms with Gasteiger partial charge >= 0.3 is 12.0 Å². The number of carboxylic acid groups (broad SMARTS) is 1. The molecule has 1 atom stereocenters. The third-order valence-electron chi connectivity index (χ3n) is 2.45. The van der Waals surface area contributed by atoms with Crippen molar-refractivity contribution in [2.45, 2.75) is 13.0 Å². The molecule has 1 aromatic carbocycles. The lowest BCUT2D eigenvalue weighted by molar-refractivity contribution is 0.0696. The molecule has 0 spiro atoms. The van der Waals surface area contributed by atoms with Crippen molar-refractivity contribution in [1.29, 1.82) is 0 Å². The van der Waals surface area contributed by atoms with E-state index in [1.165, 1.54) is 19.2 Å². The van der Waals surface area contributed by atoms with E-state index in [4.69, 9.17) is 9.84 Å². The zero-order chi connectivity index (χ0) is 14.4. The summed E-state index contributed by atoms with van der Waals surface area (Å²) in [5.41, 5.74) is 0.0732. The van der Waals surface area contributed by atoms with Gasteiger partial charge in [0.15, 0.2) is 0 Å². The lowest BCUT2D eigenvalue weighted by Gasteiger charge is -2.12. The molecule has 0 aromatic heterocycles. The summed E-state index contributed by atoms with van der Waals surface area (Å²) < 4.78 is 4.96. The molecule has 0 bridgehead atoms. The Bertz CT molecular complexity index is 475. The van der Waals surface area contributed by atoms with Crippen LogP contribution in [0.3, 0.4) is 0 Å². The molecule has 0 aliphatic heterocycles. The van der Waals surface area contributed by atoms with E-state index in [1.807, 2.05) is 0 Å². The minimum atomic E-state index is -1.15. The SMILES string of the molecule is COC(C)CNC(=O)Nc1ccc(C(=O)O)cc1O. The largest absolute Gasteiger partial charge is 0.506 e. The van der Waals surface area contributed by atoms with E-state index in [0.717, 1.165) is 6.07 Å². The van der Waals surface area contributed by atoms with Gasteiger partial charge in [-0.3, -0.25) is 0 Å². The standard InChI is InChI=1S/C12H16N2O5/c1-7(19-2)6-13-12(18)14-9-4-3-8(11(16)17)5-10(9)15/h3-5,7,15H,6H2,1-2H3,(H,16,17)(H2,13,14,18). The van der Waals surface area contributed by atoms with Gasteiger partial charge in [-0.25, -0.2) is 9.59 Å². The van der Waals surface area contributed by atoms with E-state index >= 15 is 0 Å². The molecule has 0 aliphatic carbocycles. The predicted octanol–water partition coefficient (Wildman–Crippen LogP) is 1.25. The predicted molar refractivity (Wildman–Crippen MR) is 68.6 cm³/mol. The molecule has 2 amide bonds. The zero-order valence-corrected chi connectivity index (χ0v) is 10.6. The van der Waals surface area contributed by atoms with Crippen molar-refractivity contribution in [2.75, 3.05) is 19.0 Å². The van der Waals surface area contributed by atoms with Crippen LogP contribution in [0.2, 0.25) is 0 Å². The molecule has 0 heterocycles. The number of carbonyl (C=O) groups excluding carboxylic acids is 1. The Hall–Kier alpha value is -2.28. The van der Waals surface area contributed by atoms with Crippen LogP contribution >= 0.6 is 0 Å². The number of amides is 2. The van der Waals surface area contributed by atoms with E-state index < -0.39 is 12.0 Å². The van der Waals surface area contributed by atoms with Crippen LogP contribution in [-0.2, 0) is 4.74 Å². The van der Waals surface area contributed by atoms with Gasteiger partial charge in [-0.15, -0.1) is 0 Å². The fraction of sp³-hybridized carbons (Fsp3) is 0.333. The summed E-state index contributed by atoms with van der Waals surface area (Å²) in [6.07, 6.45) is -0.131. The van der Waals surface area contributed by atoms with Crippen molar-refractivity contribution >= 4 is 17.7 Å². The smallest absolute Gasteiger partial charge is 0.335 e. The third-order valence-corrected chi connectivity index (χ3v) is 2.45. The second kappa shape index (κ2) is 6.60. The molecule has 1 aromatic rings. The Morgan fingerprint density at radius 3 is 2.63 bits per heavy atom. The second-order valence-electron chi connectivity index (χ2n) is 3.92. The lowest BCUT2D eigenvalue weighted by Crippen LogP contribution is -2.34. The van der Waals surface area contributed by atoms with Gasteiger partial charge in [-0.2, -0.15) is 0 Å². The van der Waals surface area contributed by atoms with Crippen molar-refractivity contribution in [1.82, 2.24) is 5.32 Å². The van der Waals surface area contributed by atoms with Crippen LogP contribution in [0.1, 0.15) is 17.3 Å². The van der Waals surface area contributed by atoms with Crippen molar-refractivity contribution in [3.05, 3.63) is 23.8 Å². The summed E-state index contributed by atoms with van der Waals surface area (Å²) in [5.74, 6) is -1.46. The summed E-state index contributed by atoms with van der Waals surface area (Å²) in [7, 11) is 1.53. The maximum atomic E-state index is 11.5. The number of hydrogen-bond donors (Lipinski definition) is 4. The summed E-state index contributed by atoms with van der Waals surface area (Å²) in [6.45, 7) is 2.11. The minimum absolute atomic E-state index is 0.0588. The molecule has 104 valence electrons. The maximum Gasteiger partial charge on any atom is 0.335 e. The molecule has 7 heteroatoms. The van der Waals surface area contributed by atoms with Crippen LogP contribution in [0.15, 0.2) is 18.2 Å². The first kappa shape index (κ1) is 14.8. The molecule has 7 nitrogen and oxygen atoms in total. The second-order valence-corrected chi connectivity index (χ2v) is 3.92. The number of anilines is 1. The van der Waals surface area contributed by atoms with Gasteiger partial charge in [0.2, 0.25) is 0 Å². The first-order valence-electron chi connectivity index (χ1n) is 5.58. The minimum Gasteiger partial charge on any atom is -0.506 e. The van der Waals surface area contributed by atoms with E-state index in [0.29, 0.717) is 6.54 Å². The van der Waals surface area contributed by atoms with Gasteiger partial charge < -0.3 is 25.6 Å². The average Bonchev–Trinajstić information content (AvgIpc) is 2.38. The number of urea groups is 1. The number of phenols is 1. The number of aromatic hydroxyl groups is 1. The normalized spacial score (nSPS) is 11.7. The highest BCUT2D eigenvalue weighted by Crippen LogP contribution is 2.24. The Morgan fingerprint density at radius 2 is 2.11 bits per heavy atom. The van der Waals surface area contributed by atoms with Crippen LogP contribution in [0.25, 0.3) is 0 Å². The Kier molecular flexibility index (Phi) is 5.13. The van der Waals surface area contributed by atoms with Crippen molar-refractivity contribution in [2.24, 2.45) is 0 Å². The number of carbonyl (C=O) groups is 2. The highest BCUT2D eigenvalue weighted by molar-refractivity contribution is 5.93. The topological polar surface area (TPSA) is 108 Å². The summed E-state index contributed by atoms with van der Waals surface area (Å²) in [5, 5.41) is 23.3. The van der Waals surface area contributed by atoms with E-state index in [2.05, 4.69) is 10.6 Å². The summed E-state index contributed by atoms with van der Waals surface area (Å²) >= 11 is 0. The van der Waals surface area contributed by atoms with Crippen LogP contribution < -0.4 is 10.6 Å². The monoisotopic (exact) mass is 268 g/mol. The van der Waals surface area contributed by atoms with Crippen molar-refractivity contribution in [3.63, 3.8) is 0 Å². The number of aromatic carboxylic acids is 1. The molecule has 19 heavy (non-hydrogen) atoms. The van der Waals surface area contributed by atoms with Crippen molar-refractivity contribution in [3.8, 4) is 5.75 Å². The first-order chi connectivity index (χ1) is 8.93. The molecule has 0 radical (unpaired) electrons. The quantitative estimate of drug-likeness (QED) is 0.601. The lowest BCUT2D eigenvalue weighted by atomic mass is 10.2. The van der Waals surface area contributed by atoms with Crippen LogP contribution in [0.4, 0.5) is 10.5 Å². The van der Waals surface area contributed by atoms with E-state index in [1.54, 1.807) is 6.92 Å². The fourth-order valence-corrected chi connectivity index (χ4v) is 1.26. The molecule has 0 saturated carbocycles. The molecule has 1 unspecified atom stereocenters. The van der Waals surface area contributed by atoms with Gasteiger partial charge in [0.25, 0.3) is 0 Å². The number of hydrogen-bond acceptors (Lipinski definition) is 4. The fourth-order valence-electron chi connectivity index (χ4n) is 1.26. The van der Waals surface area contributed by atoms with Crippen LogP contribution in [0, 0.1) is 0 Å². The molecule has 0 fully saturated rings. The number of methoxy groups -OCH3 is 1. The van der Waals surface area contributed by atoms with Gasteiger partial charge in [0.1, 0.15) is 5.75 Å².